The number of amides is 1. The van der Waals surface area contributed by atoms with Crippen LogP contribution in [0.5, 0.6) is 0 Å². The van der Waals surface area contributed by atoms with Crippen LogP contribution in [0.15, 0.2) is 36.8 Å². The van der Waals surface area contributed by atoms with Crippen molar-refractivity contribution in [3.63, 3.8) is 0 Å². The molecule has 0 aliphatic carbocycles. The molecule has 0 unspecified atom stereocenters. The molecule has 7 heteroatoms. The lowest BCUT2D eigenvalue weighted by atomic mass is 10.2. The van der Waals surface area contributed by atoms with Crippen LogP contribution in [0, 0.1) is 6.92 Å². The van der Waals surface area contributed by atoms with Crippen LogP contribution in [0.1, 0.15) is 16.1 Å². The number of aromatic nitrogens is 2. The van der Waals surface area contributed by atoms with Crippen LogP contribution in [0.4, 0.5) is 5.69 Å². The van der Waals surface area contributed by atoms with Gasteiger partial charge in [0.25, 0.3) is 5.91 Å². The monoisotopic (exact) mass is 305 g/mol. The maximum Gasteiger partial charge on any atom is 0.359 e. The second kappa shape index (κ2) is 6.81. The molecule has 1 aromatic heterocycles. The summed E-state index contributed by atoms with van der Waals surface area (Å²) in [6.45, 7) is 1.37. The van der Waals surface area contributed by atoms with Crippen LogP contribution < -0.4 is 5.32 Å². The molecule has 0 bridgehead atoms. The molecule has 21 heavy (non-hydrogen) atoms. The molecule has 1 amide bonds. The Balaban J connectivity index is 1.91. The normalized spacial score (nSPS) is 10.0. The SMILES string of the molecule is Cc1c(Cl)cccc1NC(=O)COC(=O)c1cnccn1. The molecule has 0 spiro atoms. The minimum absolute atomic E-state index is 0.0456. The van der Waals surface area contributed by atoms with Crippen molar-refractivity contribution in [1.29, 1.82) is 0 Å². The van der Waals surface area contributed by atoms with E-state index in [9.17, 15) is 9.59 Å². The Labute approximate surface area is 126 Å². The summed E-state index contributed by atoms with van der Waals surface area (Å²) in [5.74, 6) is -1.17. The number of hydrogen-bond donors (Lipinski definition) is 1. The van der Waals surface area contributed by atoms with Gasteiger partial charge < -0.3 is 10.1 Å². The van der Waals surface area contributed by atoms with Crippen molar-refractivity contribution in [2.24, 2.45) is 0 Å². The van der Waals surface area contributed by atoms with Gasteiger partial charge in [-0.1, -0.05) is 17.7 Å². The van der Waals surface area contributed by atoms with Crippen molar-refractivity contribution in [3.05, 3.63) is 53.1 Å². The highest BCUT2D eigenvalue weighted by Crippen LogP contribution is 2.22. The zero-order valence-corrected chi connectivity index (χ0v) is 11.9. The first-order chi connectivity index (χ1) is 10.1. The van der Waals surface area contributed by atoms with Gasteiger partial charge in [-0.3, -0.25) is 9.78 Å². The third kappa shape index (κ3) is 4.00. The number of carbonyl (C=O) groups excluding carboxylic acids is 2. The second-order valence-electron chi connectivity index (χ2n) is 4.13. The molecule has 0 fully saturated rings. The Morgan fingerprint density at radius 1 is 1.33 bits per heavy atom. The zero-order valence-electron chi connectivity index (χ0n) is 11.2. The third-order valence-electron chi connectivity index (χ3n) is 2.65. The summed E-state index contributed by atoms with van der Waals surface area (Å²) >= 11 is 5.95. The molecule has 0 atom stereocenters. The quantitative estimate of drug-likeness (QED) is 0.876. The molecule has 0 radical (unpaired) electrons. The predicted octanol–water partition coefficient (Wildman–Crippen LogP) is 2.23. The third-order valence-corrected chi connectivity index (χ3v) is 3.06. The molecular formula is C14H12ClN3O3. The van der Waals surface area contributed by atoms with Gasteiger partial charge in [-0.2, -0.15) is 0 Å². The number of nitrogens with one attached hydrogen (secondary N) is 1. The number of carbonyl (C=O) groups is 2. The summed E-state index contributed by atoms with van der Waals surface area (Å²) in [6.07, 6.45) is 4.07. The van der Waals surface area contributed by atoms with Crippen molar-refractivity contribution < 1.29 is 14.3 Å². The summed E-state index contributed by atoms with van der Waals surface area (Å²) in [5, 5.41) is 3.17. The average Bonchev–Trinajstić information content (AvgIpc) is 2.50. The van der Waals surface area contributed by atoms with Crippen LogP contribution in [-0.2, 0) is 9.53 Å². The van der Waals surface area contributed by atoms with Crippen molar-refractivity contribution in [2.45, 2.75) is 6.92 Å². The van der Waals surface area contributed by atoms with Gasteiger partial charge in [-0.05, 0) is 24.6 Å². The van der Waals surface area contributed by atoms with Gasteiger partial charge in [0.1, 0.15) is 0 Å². The van der Waals surface area contributed by atoms with E-state index < -0.39 is 18.5 Å². The minimum atomic E-state index is -0.707. The van der Waals surface area contributed by atoms with Gasteiger partial charge in [0.05, 0.1) is 6.20 Å². The van der Waals surface area contributed by atoms with E-state index >= 15 is 0 Å². The Bertz CT molecular complexity index is 662. The molecule has 0 saturated heterocycles. The minimum Gasteiger partial charge on any atom is -0.451 e. The van der Waals surface area contributed by atoms with Gasteiger partial charge in [0, 0.05) is 23.1 Å². The van der Waals surface area contributed by atoms with Gasteiger partial charge in [-0.15, -0.1) is 0 Å². The molecule has 2 rings (SSSR count). The standard InChI is InChI=1S/C14H12ClN3O3/c1-9-10(15)3-2-4-11(9)18-13(19)8-21-14(20)12-7-16-5-6-17-12/h2-7H,8H2,1H3,(H,18,19). The lowest BCUT2D eigenvalue weighted by molar-refractivity contribution is -0.119. The fraction of sp³-hybridized carbons (Fsp3) is 0.143. The highest BCUT2D eigenvalue weighted by molar-refractivity contribution is 6.31. The maximum atomic E-state index is 11.7. The molecule has 1 heterocycles. The maximum absolute atomic E-state index is 11.7. The number of hydrogen-bond acceptors (Lipinski definition) is 5. The van der Waals surface area contributed by atoms with Crippen LogP contribution in [0.2, 0.25) is 5.02 Å². The van der Waals surface area contributed by atoms with Crippen LogP contribution >= 0.6 is 11.6 Å². The lowest BCUT2D eigenvalue weighted by Gasteiger charge is -2.09. The van der Waals surface area contributed by atoms with E-state index in [0.717, 1.165) is 5.56 Å². The lowest BCUT2D eigenvalue weighted by Crippen LogP contribution is -2.21. The van der Waals surface area contributed by atoms with E-state index in [1.54, 1.807) is 25.1 Å². The Morgan fingerprint density at radius 3 is 2.86 bits per heavy atom. The Hall–Kier alpha value is -2.47. The van der Waals surface area contributed by atoms with E-state index in [1.807, 2.05) is 0 Å². The Morgan fingerprint density at radius 2 is 2.14 bits per heavy atom. The molecule has 2 aromatic rings. The van der Waals surface area contributed by atoms with E-state index in [1.165, 1.54) is 18.6 Å². The molecule has 108 valence electrons. The fourth-order valence-electron chi connectivity index (χ4n) is 1.54. The number of benzene rings is 1. The van der Waals surface area contributed by atoms with E-state index in [0.29, 0.717) is 10.7 Å². The van der Waals surface area contributed by atoms with Crippen LogP contribution in [0.25, 0.3) is 0 Å². The van der Waals surface area contributed by atoms with E-state index in [4.69, 9.17) is 16.3 Å². The number of anilines is 1. The molecule has 6 nitrogen and oxygen atoms in total. The van der Waals surface area contributed by atoms with Gasteiger partial charge in [0.2, 0.25) is 0 Å². The summed E-state index contributed by atoms with van der Waals surface area (Å²) in [6, 6.07) is 5.15. The predicted molar refractivity (Wildman–Crippen MR) is 77.1 cm³/mol. The number of esters is 1. The number of ether oxygens (including phenoxy) is 1. The summed E-state index contributed by atoms with van der Waals surface area (Å²) in [4.78, 5) is 30.9. The van der Waals surface area contributed by atoms with Crippen LogP contribution in [-0.4, -0.2) is 28.5 Å². The molecule has 0 saturated carbocycles. The van der Waals surface area contributed by atoms with Crippen molar-refractivity contribution in [2.75, 3.05) is 11.9 Å². The highest BCUT2D eigenvalue weighted by Gasteiger charge is 2.12. The van der Waals surface area contributed by atoms with Crippen LogP contribution in [0.3, 0.4) is 0 Å². The molecule has 1 N–H and O–H groups in total. The van der Waals surface area contributed by atoms with Crippen molar-refractivity contribution in [1.82, 2.24) is 9.97 Å². The first kappa shape index (κ1) is 14.9. The summed E-state index contributed by atoms with van der Waals surface area (Å²) in [5.41, 5.74) is 1.36. The first-order valence-electron chi connectivity index (χ1n) is 6.06. The molecule has 1 aromatic carbocycles. The topological polar surface area (TPSA) is 81.2 Å². The second-order valence-corrected chi connectivity index (χ2v) is 4.53. The molecule has 0 aliphatic rings. The number of nitrogens with zero attached hydrogens (tertiary/aromatic N) is 2. The average molecular weight is 306 g/mol. The van der Waals surface area contributed by atoms with Gasteiger partial charge >= 0.3 is 5.97 Å². The number of rotatable bonds is 4. The van der Waals surface area contributed by atoms with Gasteiger partial charge in [-0.25, -0.2) is 9.78 Å². The highest BCUT2D eigenvalue weighted by atomic mass is 35.5. The zero-order chi connectivity index (χ0) is 15.2. The summed E-state index contributed by atoms with van der Waals surface area (Å²) in [7, 11) is 0. The largest absolute Gasteiger partial charge is 0.451 e. The molecular weight excluding hydrogens is 294 g/mol. The van der Waals surface area contributed by atoms with E-state index in [-0.39, 0.29) is 5.69 Å². The van der Waals surface area contributed by atoms with Gasteiger partial charge in [0.15, 0.2) is 12.3 Å². The number of halogens is 1. The van der Waals surface area contributed by atoms with Crippen molar-refractivity contribution >= 4 is 29.2 Å². The first-order valence-corrected chi connectivity index (χ1v) is 6.44. The Kier molecular flexibility index (Phi) is 4.84. The molecule has 0 aliphatic heterocycles. The summed E-state index contributed by atoms with van der Waals surface area (Å²) < 4.78 is 4.85. The van der Waals surface area contributed by atoms with Crippen molar-refractivity contribution in [3.8, 4) is 0 Å². The van der Waals surface area contributed by atoms with E-state index in [2.05, 4.69) is 15.3 Å². The fourth-order valence-corrected chi connectivity index (χ4v) is 1.71. The smallest absolute Gasteiger partial charge is 0.359 e.